The zero-order valence-corrected chi connectivity index (χ0v) is 17.0. The second-order valence-corrected chi connectivity index (χ2v) is 7.08. The van der Waals surface area contributed by atoms with Crippen LogP contribution in [-0.2, 0) is 9.63 Å². The second-order valence-electron chi connectivity index (χ2n) is 6.65. The van der Waals surface area contributed by atoms with Gasteiger partial charge in [-0.25, -0.2) is 9.59 Å². The number of nitro benzene ring substituents is 1. The van der Waals surface area contributed by atoms with Gasteiger partial charge in [-0.3, -0.25) is 10.1 Å². The summed E-state index contributed by atoms with van der Waals surface area (Å²) in [6.07, 6.45) is 1.62. The number of benzene rings is 3. The van der Waals surface area contributed by atoms with Crippen LogP contribution in [0.25, 0.3) is 6.08 Å². The van der Waals surface area contributed by atoms with Crippen LogP contribution in [0, 0.1) is 10.1 Å². The van der Waals surface area contributed by atoms with E-state index in [1.165, 1.54) is 24.3 Å². The molecule has 3 aromatic carbocycles. The fraction of sp³-hybridized carbons (Fsp3) is 0. The van der Waals surface area contributed by atoms with Gasteiger partial charge in [0.25, 0.3) is 5.69 Å². The summed E-state index contributed by atoms with van der Waals surface area (Å²) in [4.78, 5) is 39.3. The average Bonchev–Trinajstić information content (AvgIpc) is 3.15. The summed E-state index contributed by atoms with van der Waals surface area (Å²) < 4.78 is 5.29. The maximum Gasteiger partial charge on any atom is 0.368 e. The molecule has 8 nitrogen and oxygen atoms in total. The number of nitrogens with zero attached hydrogens (tertiary/aromatic N) is 2. The van der Waals surface area contributed by atoms with Crippen LogP contribution < -0.4 is 4.74 Å². The highest BCUT2D eigenvalue weighted by molar-refractivity contribution is 6.32. The van der Waals surface area contributed by atoms with Crippen molar-refractivity contribution in [2.24, 2.45) is 5.16 Å². The quantitative estimate of drug-likeness (QED) is 0.138. The first kappa shape index (κ1) is 21.0. The van der Waals surface area contributed by atoms with Gasteiger partial charge in [-0.15, -0.1) is 0 Å². The fourth-order valence-electron chi connectivity index (χ4n) is 2.91. The van der Waals surface area contributed by atoms with Gasteiger partial charge < -0.3 is 9.57 Å². The van der Waals surface area contributed by atoms with Crippen LogP contribution in [0.15, 0.2) is 83.5 Å². The molecule has 9 heteroatoms. The van der Waals surface area contributed by atoms with Gasteiger partial charge in [0.1, 0.15) is 11.5 Å². The number of ether oxygens (including phenoxy) is 1. The molecule has 158 valence electrons. The number of carbonyl (C=O) groups is 2. The van der Waals surface area contributed by atoms with Crippen LogP contribution in [0.2, 0.25) is 5.02 Å². The van der Waals surface area contributed by atoms with E-state index >= 15 is 0 Å². The molecule has 4 rings (SSSR count). The van der Waals surface area contributed by atoms with E-state index in [-0.39, 0.29) is 22.6 Å². The average molecular weight is 449 g/mol. The zero-order valence-electron chi connectivity index (χ0n) is 16.2. The van der Waals surface area contributed by atoms with Gasteiger partial charge in [0.15, 0.2) is 0 Å². The molecule has 0 radical (unpaired) electrons. The molecule has 0 amide bonds. The molecule has 0 unspecified atom stereocenters. The summed E-state index contributed by atoms with van der Waals surface area (Å²) in [5, 5.41) is 15.1. The largest absolute Gasteiger partial charge is 0.423 e. The minimum absolute atomic E-state index is 0.120. The summed E-state index contributed by atoms with van der Waals surface area (Å²) >= 11 is 5.91. The standard InChI is InChI=1S/C23H13ClN2O6/c24-17-7-3-15(4-8-17)21-20(23(28)32-25-21)13-14-1-11-19(12-2-14)31-22(27)16-5-9-18(10-6-16)26(29)30/h1-13H/b20-13+. The molecule has 0 saturated carbocycles. The first-order valence-corrected chi connectivity index (χ1v) is 9.62. The highest BCUT2D eigenvalue weighted by Gasteiger charge is 2.26. The summed E-state index contributed by atoms with van der Waals surface area (Å²) in [6, 6.07) is 18.4. The van der Waals surface area contributed by atoms with Crippen molar-refractivity contribution in [2.75, 3.05) is 0 Å². The Morgan fingerprint density at radius 2 is 1.66 bits per heavy atom. The van der Waals surface area contributed by atoms with Crippen molar-refractivity contribution in [1.29, 1.82) is 0 Å². The van der Waals surface area contributed by atoms with Gasteiger partial charge in [0.2, 0.25) is 0 Å². The van der Waals surface area contributed by atoms with Gasteiger partial charge >= 0.3 is 11.9 Å². The summed E-state index contributed by atoms with van der Waals surface area (Å²) in [6.45, 7) is 0. The number of carbonyl (C=O) groups excluding carboxylic acids is 2. The molecule has 1 heterocycles. The number of rotatable bonds is 5. The van der Waals surface area contributed by atoms with E-state index in [4.69, 9.17) is 21.2 Å². The molecule has 3 aromatic rings. The first-order valence-electron chi connectivity index (χ1n) is 9.25. The Bertz CT molecular complexity index is 1260. The van der Waals surface area contributed by atoms with E-state index in [1.54, 1.807) is 54.6 Å². The highest BCUT2D eigenvalue weighted by Crippen LogP contribution is 2.23. The van der Waals surface area contributed by atoms with Gasteiger partial charge in [-0.05, 0) is 48.0 Å². The van der Waals surface area contributed by atoms with E-state index in [0.717, 1.165) is 0 Å². The smallest absolute Gasteiger partial charge is 0.368 e. The second kappa shape index (κ2) is 8.83. The third kappa shape index (κ3) is 4.55. The van der Waals surface area contributed by atoms with E-state index in [0.29, 0.717) is 21.9 Å². The van der Waals surface area contributed by atoms with Crippen molar-refractivity contribution < 1.29 is 24.1 Å². The molecule has 1 aliphatic rings. The Morgan fingerprint density at radius 3 is 2.28 bits per heavy atom. The molecule has 1 aliphatic heterocycles. The summed E-state index contributed by atoms with van der Waals surface area (Å²) in [7, 11) is 0. The van der Waals surface area contributed by atoms with Gasteiger partial charge in [0, 0.05) is 22.7 Å². The van der Waals surface area contributed by atoms with Crippen LogP contribution in [-0.4, -0.2) is 22.6 Å². The molecular formula is C23H13ClN2O6. The maximum atomic E-state index is 12.2. The lowest BCUT2D eigenvalue weighted by Gasteiger charge is -2.05. The Hall–Kier alpha value is -4.30. The number of non-ortho nitro benzene ring substituents is 1. The van der Waals surface area contributed by atoms with Crippen molar-refractivity contribution in [3.05, 3.63) is 110 Å². The fourth-order valence-corrected chi connectivity index (χ4v) is 3.04. The topological polar surface area (TPSA) is 108 Å². The third-order valence-electron chi connectivity index (χ3n) is 4.53. The van der Waals surface area contributed by atoms with Crippen molar-refractivity contribution in [3.8, 4) is 5.75 Å². The molecular weight excluding hydrogens is 436 g/mol. The number of hydrogen-bond acceptors (Lipinski definition) is 7. The minimum Gasteiger partial charge on any atom is -0.423 e. The van der Waals surface area contributed by atoms with Gasteiger partial charge in [-0.2, -0.15) is 0 Å². The third-order valence-corrected chi connectivity index (χ3v) is 4.78. The zero-order chi connectivity index (χ0) is 22.7. The molecule has 0 bridgehead atoms. The van der Waals surface area contributed by atoms with E-state index in [9.17, 15) is 19.7 Å². The molecule has 0 atom stereocenters. The Kier molecular flexibility index (Phi) is 5.78. The molecule has 0 aromatic heterocycles. The van der Waals surface area contributed by atoms with Crippen LogP contribution in [0.5, 0.6) is 5.75 Å². The SMILES string of the molecule is O=C1ON=C(c2ccc(Cl)cc2)/C1=C\c1ccc(OC(=O)c2ccc([N+](=O)[O-])cc2)cc1. The highest BCUT2D eigenvalue weighted by atomic mass is 35.5. The maximum absolute atomic E-state index is 12.2. The first-order chi connectivity index (χ1) is 15.4. The van der Waals surface area contributed by atoms with Crippen molar-refractivity contribution in [2.45, 2.75) is 0 Å². The van der Waals surface area contributed by atoms with Crippen molar-refractivity contribution in [1.82, 2.24) is 0 Å². The lowest BCUT2D eigenvalue weighted by Crippen LogP contribution is -2.08. The molecule has 0 fully saturated rings. The number of halogens is 1. The molecule has 0 N–H and O–H groups in total. The Labute approximate surface area is 186 Å². The Balaban J connectivity index is 1.49. The lowest BCUT2D eigenvalue weighted by molar-refractivity contribution is -0.384. The predicted octanol–water partition coefficient (Wildman–Crippen LogP) is 4.81. The van der Waals surface area contributed by atoms with E-state index in [2.05, 4.69) is 5.16 Å². The Morgan fingerprint density at radius 1 is 1.00 bits per heavy atom. The number of nitro groups is 1. The summed E-state index contributed by atoms with van der Waals surface area (Å²) in [5.41, 5.74) is 2.07. The molecule has 32 heavy (non-hydrogen) atoms. The van der Waals surface area contributed by atoms with Crippen LogP contribution in [0.4, 0.5) is 5.69 Å². The van der Waals surface area contributed by atoms with Crippen molar-refractivity contribution in [3.63, 3.8) is 0 Å². The molecule has 0 aliphatic carbocycles. The number of esters is 1. The number of oxime groups is 1. The van der Waals surface area contributed by atoms with Crippen LogP contribution in [0.3, 0.4) is 0 Å². The van der Waals surface area contributed by atoms with E-state index in [1.807, 2.05) is 0 Å². The lowest BCUT2D eigenvalue weighted by atomic mass is 10.0. The van der Waals surface area contributed by atoms with Crippen molar-refractivity contribution >= 4 is 41.0 Å². The summed E-state index contributed by atoms with van der Waals surface area (Å²) in [5.74, 6) is -0.956. The van der Waals surface area contributed by atoms with Crippen LogP contribution >= 0.6 is 11.6 Å². The van der Waals surface area contributed by atoms with Gasteiger partial charge in [0.05, 0.1) is 16.1 Å². The molecule has 0 spiro atoms. The number of hydrogen-bond donors (Lipinski definition) is 0. The predicted molar refractivity (Wildman–Crippen MR) is 117 cm³/mol. The van der Waals surface area contributed by atoms with Gasteiger partial charge in [-0.1, -0.05) is 41.0 Å². The normalized spacial score (nSPS) is 14.1. The van der Waals surface area contributed by atoms with Crippen LogP contribution in [0.1, 0.15) is 21.5 Å². The minimum atomic E-state index is -0.650. The van der Waals surface area contributed by atoms with E-state index < -0.39 is 16.9 Å². The monoisotopic (exact) mass is 448 g/mol. The molecule has 0 saturated heterocycles.